The lowest BCUT2D eigenvalue weighted by molar-refractivity contribution is -0.139. The Labute approximate surface area is 93.3 Å². The summed E-state index contributed by atoms with van der Waals surface area (Å²) >= 11 is 0. The van der Waals surface area contributed by atoms with E-state index in [-0.39, 0.29) is 5.82 Å². The Morgan fingerprint density at radius 3 is 2.69 bits per heavy atom. The number of nitrogens with one attached hydrogen (secondary N) is 1. The SMILES string of the molecule is O=C(O)[C@H]1C[C@@H](Cc2ccc(F)cc2)CN1. The summed E-state index contributed by atoms with van der Waals surface area (Å²) in [7, 11) is 0. The summed E-state index contributed by atoms with van der Waals surface area (Å²) in [6.45, 7) is 0.717. The van der Waals surface area contributed by atoms with Crippen LogP contribution in [0.5, 0.6) is 0 Å². The predicted octanol–water partition coefficient (Wildman–Crippen LogP) is 1.43. The van der Waals surface area contributed by atoms with E-state index in [1.165, 1.54) is 12.1 Å². The molecule has 4 heteroatoms. The van der Waals surface area contributed by atoms with Crippen molar-refractivity contribution in [3.8, 4) is 0 Å². The zero-order valence-corrected chi connectivity index (χ0v) is 8.82. The lowest BCUT2D eigenvalue weighted by Crippen LogP contribution is -2.29. The van der Waals surface area contributed by atoms with Gasteiger partial charge in [0.15, 0.2) is 0 Å². The highest BCUT2D eigenvalue weighted by Crippen LogP contribution is 2.19. The molecule has 0 spiro atoms. The molecule has 0 aromatic heterocycles. The zero-order chi connectivity index (χ0) is 11.5. The molecule has 0 saturated carbocycles. The molecule has 1 heterocycles. The largest absolute Gasteiger partial charge is 0.480 e. The molecule has 1 aliphatic heterocycles. The lowest BCUT2D eigenvalue weighted by atomic mass is 9.97. The summed E-state index contributed by atoms with van der Waals surface area (Å²) in [5, 5.41) is 11.8. The molecule has 0 aliphatic carbocycles. The van der Waals surface area contributed by atoms with Crippen molar-refractivity contribution in [2.75, 3.05) is 6.54 Å². The van der Waals surface area contributed by atoms with E-state index in [4.69, 9.17) is 5.11 Å². The highest BCUT2D eigenvalue weighted by atomic mass is 19.1. The highest BCUT2D eigenvalue weighted by molar-refractivity contribution is 5.73. The number of benzene rings is 1. The molecule has 0 bridgehead atoms. The number of carbonyl (C=O) groups is 1. The summed E-state index contributed by atoms with van der Waals surface area (Å²) in [5.74, 6) is -0.704. The Balaban J connectivity index is 1.92. The summed E-state index contributed by atoms with van der Waals surface area (Å²) in [5.41, 5.74) is 1.05. The second kappa shape index (κ2) is 4.61. The van der Waals surface area contributed by atoms with Gasteiger partial charge < -0.3 is 10.4 Å². The van der Waals surface area contributed by atoms with Crippen LogP contribution in [-0.4, -0.2) is 23.7 Å². The van der Waals surface area contributed by atoms with Crippen LogP contribution >= 0.6 is 0 Å². The van der Waals surface area contributed by atoms with Crippen LogP contribution in [0.4, 0.5) is 4.39 Å². The van der Waals surface area contributed by atoms with Gasteiger partial charge in [0.05, 0.1) is 0 Å². The van der Waals surface area contributed by atoms with Crippen LogP contribution in [-0.2, 0) is 11.2 Å². The molecule has 1 aromatic rings. The van der Waals surface area contributed by atoms with E-state index in [2.05, 4.69) is 5.32 Å². The van der Waals surface area contributed by atoms with Crippen molar-refractivity contribution in [1.82, 2.24) is 5.32 Å². The Hall–Kier alpha value is -1.42. The summed E-state index contributed by atoms with van der Waals surface area (Å²) in [4.78, 5) is 10.7. The van der Waals surface area contributed by atoms with Crippen molar-refractivity contribution in [1.29, 1.82) is 0 Å². The van der Waals surface area contributed by atoms with Gasteiger partial charge in [-0.15, -0.1) is 0 Å². The molecule has 3 nitrogen and oxygen atoms in total. The maximum Gasteiger partial charge on any atom is 0.320 e. The third kappa shape index (κ3) is 2.58. The number of carboxylic acids is 1. The molecule has 1 aromatic carbocycles. The molecule has 0 unspecified atom stereocenters. The maximum atomic E-state index is 12.7. The first-order valence-corrected chi connectivity index (χ1v) is 5.36. The molecular weight excluding hydrogens is 209 g/mol. The van der Waals surface area contributed by atoms with E-state index in [0.29, 0.717) is 18.9 Å². The maximum absolute atomic E-state index is 12.7. The van der Waals surface area contributed by atoms with Crippen molar-refractivity contribution in [3.63, 3.8) is 0 Å². The first-order chi connectivity index (χ1) is 7.65. The summed E-state index contributed by atoms with van der Waals surface area (Å²) < 4.78 is 12.7. The molecule has 2 N–H and O–H groups in total. The minimum atomic E-state index is -0.790. The first-order valence-electron chi connectivity index (χ1n) is 5.36. The number of rotatable bonds is 3. The fraction of sp³-hybridized carbons (Fsp3) is 0.417. The van der Waals surface area contributed by atoms with Crippen LogP contribution in [0.1, 0.15) is 12.0 Å². The molecule has 2 rings (SSSR count). The topological polar surface area (TPSA) is 49.3 Å². The van der Waals surface area contributed by atoms with Gasteiger partial charge in [0.2, 0.25) is 0 Å². The van der Waals surface area contributed by atoms with Gasteiger partial charge in [0.25, 0.3) is 0 Å². The Morgan fingerprint density at radius 2 is 2.12 bits per heavy atom. The molecule has 86 valence electrons. The average Bonchev–Trinajstić information content (AvgIpc) is 2.70. The minimum absolute atomic E-state index is 0.239. The van der Waals surface area contributed by atoms with Crippen LogP contribution in [0.2, 0.25) is 0 Å². The van der Waals surface area contributed by atoms with Crippen LogP contribution < -0.4 is 5.32 Å². The fourth-order valence-electron chi connectivity index (χ4n) is 2.11. The molecule has 1 fully saturated rings. The Morgan fingerprint density at radius 1 is 1.44 bits per heavy atom. The number of hydrogen-bond acceptors (Lipinski definition) is 2. The van der Waals surface area contributed by atoms with Gasteiger partial charge in [-0.1, -0.05) is 12.1 Å². The molecule has 0 amide bonds. The number of carboxylic acid groups (broad SMARTS) is 1. The normalized spacial score (nSPS) is 24.6. The van der Waals surface area contributed by atoms with Crippen molar-refractivity contribution in [2.24, 2.45) is 5.92 Å². The Bertz CT molecular complexity index is 377. The van der Waals surface area contributed by atoms with Crippen molar-refractivity contribution < 1.29 is 14.3 Å². The minimum Gasteiger partial charge on any atom is -0.480 e. The molecule has 1 aliphatic rings. The third-order valence-corrected chi connectivity index (χ3v) is 2.96. The molecular formula is C12H14FNO2. The van der Waals surface area contributed by atoms with Gasteiger partial charge >= 0.3 is 5.97 Å². The Kier molecular flexibility index (Phi) is 3.19. The van der Waals surface area contributed by atoms with Gasteiger partial charge in [-0.05, 0) is 43.0 Å². The lowest BCUT2D eigenvalue weighted by Gasteiger charge is -2.08. The van der Waals surface area contributed by atoms with E-state index in [0.717, 1.165) is 12.0 Å². The third-order valence-electron chi connectivity index (χ3n) is 2.96. The van der Waals surface area contributed by atoms with Gasteiger partial charge in [0.1, 0.15) is 11.9 Å². The quantitative estimate of drug-likeness (QED) is 0.815. The number of hydrogen-bond donors (Lipinski definition) is 2. The summed E-state index contributed by atoms with van der Waals surface area (Å²) in [6.07, 6.45) is 1.45. The zero-order valence-electron chi connectivity index (χ0n) is 8.82. The molecule has 2 atom stereocenters. The predicted molar refractivity (Wildman–Crippen MR) is 57.6 cm³/mol. The summed E-state index contributed by atoms with van der Waals surface area (Å²) in [6, 6.07) is 5.96. The smallest absolute Gasteiger partial charge is 0.320 e. The van der Waals surface area contributed by atoms with E-state index in [9.17, 15) is 9.18 Å². The first kappa shape index (κ1) is 11.1. The fourth-order valence-corrected chi connectivity index (χ4v) is 2.11. The number of halogens is 1. The van der Waals surface area contributed by atoms with Crippen LogP contribution in [0, 0.1) is 11.7 Å². The van der Waals surface area contributed by atoms with Gasteiger partial charge in [-0.3, -0.25) is 4.79 Å². The van der Waals surface area contributed by atoms with Gasteiger partial charge in [-0.2, -0.15) is 0 Å². The van der Waals surface area contributed by atoms with Gasteiger partial charge in [0, 0.05) is 0 Å². The second-order valence-corrected chi connectivity index (χ2v) is 4.23. The standard InChI is InChI=1S/C12H14FNO2/c13-10-3-1-8(2-4-10)5-9-6-11(12(15)16)14-7-9/h1-4,9,11,14H,5-7H2,(H,15,16)/t9-,11-/m1/s1. The molecule has 1 saturated heterocycles. The number of aliphatic carboxylic acids is 1. The van der Waals surface area contributed by atoms with Crippen molar-refractivity contribution in [3.05, 3.63) is 35.6 Å². The molecule has 0 radical (unpaired) electrons. The van der Waals surface area contributed by atoms with Crippen LogP contribution in [0.25, 0.3) is 0 Å². The van der Waals surface area contributed by atoms with E-state index >= 15 is 0 Å². The van der Waals surface area contributed by atoms with E-state index < -0.39 is 12.0 Å². The second-order valence-electron chi connectivity index (χ2n) is 4.23. The van der Waals surface area contributed by atoms with E-state index in [1.54, 1.807) is 12.1 Å². The monoisotopic (exact) mass is 223 g/mol. The average molecular weight is 223 g/mol. The van der Waals surface area contributed by atoms with Crippen LogP contribution in [0.15, 0.2) is 24.3 Å². The van der Waals surface area contributed by atoms with E-state index in [1.807, 2.05) is 0 Å². The van der Waals surface area contributed by atoms with Crippen LogP contribution in [0.3, 0.4) is 0 Å². The van der Waals surface area contributed by atoms with Gasteiger partial charge in [-0.25, -0.2) is 4.39 Å². The highest BCUT2D eigenvalue weighted by Gasteiger charge is 2.28. The molecule has 16 heavy (non-hydrogen) atoms. The van der Waals surface area contributed by atoms with Crippen molar-refractivity contribution >= 4 is 5.97 Å². The van der Waals surface area contributed by atoms with Crippen molar-refractivity contribution in [2.45, 2.75) is 18.9 Å².